The van der Waals surface area contributed by atoms with Gasteiger partial charge in [-0.15, -0.1) is 0 Å². The SMILES string of the molecule is Cc1nsc(NCCc2ccc(C(=O)O)cc2)n1. The van der Waals surface area contributed by atoms with Crippen LogP contribution in [0.3, 0.4) is 0 Å². The number of hydrogen-bond acceptors (Lipinski definition) is 5. The Morgan fingerprint density at radius 1 is 1.39 bits per heavy atom. The molecule has 1 aromatic heterocycles. The van der Waals surface area contributed by atoms with E-state index in [1.165, 1.54) is 11.5 Å². The molecule has 5 nitrogen and oxygen atoms in total. The molecule has 0 aliphatic heterocycles. The lowest BCUT2D eigenvalue weighted by Crippen LogP contribution is -2.05. The van der Waals surface area contributed by atoms with Crippen molar-refractivity contribution in [1.82, 2.24) is 9.36 Å². The van der Waals surface area contributed by atoms with Gasteiger partial charge in [-0.3, -0.25) is 0 Å². The average molecular weight is 263 g/mol. The van der Waals surface area contributed by atoms with E-state index in [1.54, 1.807) is 12.1 Å². The van der Waals surface area contributed by atoms with Gasteiger partial charge in [0.05, 0.1) is 5.56 Å². The number of aryl methyl sites for hydroxylation is 1. The van der Waals surface area contributed by atoms with Crippen LogP contribution in [0.5, 0.6) is 0 Å². The van der Waals surface area contributed by atoms with Gasteiger partial charge in [0, 0.05) is 18.1 Å². The van der Waals surface area contributed by atoms with Gasteiger partial charge >= 0.3 is 5.97 Å². The van der Waals surface area contributed by atoms with Crippen molar-refractivity contribution in [3.63, 3.8) is 0 Å². The normalized spacial score (nSPS) is 10.3. The number of nitrogens with zero attached hydrogens (tertiary/aromatic N) is 2. The number of benzene rings is 1. The molecule has 1 aromatic carbocycles. The summed E-state index contributed by atoms with van der Waals surface area (Å²) >= 11 is 1.34. The van der Waals surface area contributed by atoms with Crippen molar-refractivity contribution in [2.24, 2.45) is 0 Å². The van der Waals surface area contributed by atoms with Crippen molar-refractivity contribution in [3.05, 3.63) is 41.2 Å². The van der Waals surface area contributed by atoms with E-state index in [9.17, 15) is 4.79 Å². The first-order chi connectivity index (χ1) is 8.65. The van der Waals surface area contributed by atoms with E-state index in [-0.39, 0.29) is 0 Å². The maximum absolute atomic E-state index is 10.7. The first-order valence-electron chi connectivity index (χ1n) is 5.51. The maximum Gasteiger partial charge on any atom is 0.335 e. The minimum absolute atomic E-state index is 0.312. The van der Waals surface area contributed by atoms with Gasteiger partial charge in [0.15, 0.2) is 0 Å². The highest BCUT2D eigenvalue weighted by Crippen LogP contribution is 2.10. The van der Waals surface area contributed by atoms with Crippen molar-refractivity contribution in [2.75, 3.05) is 11.9 Å². The number of carbonyl (C=O) groups is 1. The first-order valence-corrected chi connectivity index (χ1v) is 6.29. The van der Waals surface area contributed by atoms with Crippen LogP contribution in [0.25, 0.3) is 0 Å². The Hall–Kier alpha value is -1.95. The average Bonchev–Trinajstić information content (AvgIpc) is 2.76. The van der Waals surface area contributed by atoms with Crippen LogP contribution in [0.2, 0.25) is 0 Å². The molecule has 0 aliphatic carbocycles. The van der Waals surface area contributed by atoms with Gasteiger partial charge in [0.2, 0.25) is 5.13 Å². The third-order valence-corrected chi connectivity index (χ3v) is 3.18. The Morgan fingerprint density at radius 2 is 2.11 bits per heavy atom. The second kappa shape index (κ2) is 5.59. The molecule has 18 heavy (non-hydrogen) atoms. The predicted molar refractivity (Wildman–Crippen MR) is 70.2 cm³/mol. The number of carboxylic acid groups (broad SMARTS) is 1. The maximum atomic E-state index is 10.7. The van der Waals surface area contributed by atoms with E-state index in [2.05, 4.69) is 14.7 Å². The van der Waals surface area contributed by atoms with Gasteiger partial charge in [-0.2, -0.15) is 4.37 Å². The summed E-state index contributed by atoms with van der Waals surface area (Å²) in [6.07, 6.45) is 0.818. The number of aromatic carboxylic acids is 1. The third kappa shape index (κ3) is 3.27. The Morgan fingerprint density at radius 3 is 2.67 bits per heavy atom. The number of anilines is 1. The summed E-state index contributed by atoms with van der Waals surface area (Å²) in [5.41, 5.74) is 1.40. The minimum atomic E-state index is -0.899. The second-order valence-electron chi connectivity index (χ2n) is 3.83. The number of nitrogens with one attached hydrogen (secondary N) is 1. The molecule has 94 valence electrons. The van der Waals surface area contributed by atoms with Gasteiger partial charge in [-0.25, -0.2) is 9.78 Å². The van der Waals surface area contributed by atoms with Crippen molar-refractivity contribution in [2.45, 2.75) is 13.3 Å². The molecule has 2 aromatic rings. The van der Waals surface area contributed by atoms with Gasteiger partial charge in [0.1, 0.15) is 5.82 Å². The lowest BCUT2D eigenvalue weighted by Gasteiger charge is -2.03. The summed E-state index contributed by atoms with van der Waals surface area (Å²) in [5.74, 6) is -0.127. The molecule has 0 spiro atoms. The fourth-order valence-electron chi connectivity index (χ4n) is 1.50. The summed E-state index contributed by atoms with van der Waals surface area (Å²) in [6.45, 7) is 2.60. The summed E-state index contributed by atoms with van der Waals surface area (Å²) in [6, 6.07) is 6.90. The molecule has 0 amide bonds. The Bertz CT molecular complexity index is 537. The smallest absolute Gasteiger partial charge is 0.335 e. The van der Waals surface area contributed by atoms with E-state index < -0.39 is 5.97 Å². The van der Waals surface area contributed by atoms with Gasteiger partial charge in [-0.05, 0) is 31.0 Å². The summed E-state index contributed by atoms with van der Waals surface area (Å²) < 4.78 is 4.08. The first kappa shape index (κ1) is 12.5. The lowest BCUT2D eigenvalue weighted by atomic mass is 10.1. The second-order valence-corrected chi connectivity index (χ2v) is 4.58. The van der Waals surface area contributed by atoms with Crippen LogP contribution in [0.15, 0.2) is 24.3 Å². The van der Waals surface area contributed by atoms with Crippen LogP contribution in [-0.2, 0) is 6.42 Å². The highest BCUT2D eigenvalue weighted by molar-refractivity contribution is 7.09. The molecule has 0 bridgehead atoms. The zero-order valence-corrected chi connectivity index (χ0v) is 10.7. The van der Waals surface area contributed by atoms with Gasteiger partial charge in [-0.1, -0.05) is 12.1 Å². The molecule has 6 heteroatoms. The molecule has 1 heterocycles. The molecule has 0 unspecified atom stereocenters. The molecule has 0 radical (unpaired) electrons. The van der Waals surface area contributed by atoms with Gasteiger partial charge in [0.25, 0.3) is 0 Å². The van der Waals surface area contributed by atoms with Crippen molar-refractivity contribution >= 4 is 22.6 Å². The molecule has 0 aliphatic rings. The topological polar surface area (TPSA) is 75.1 Å². The molecule has 2 N–H and O–H groups in total. The molecular formula is C12H13N3O2S. The molecule has 0 fully saturated rings. The van der Waals surface area contributed by atoms with E-state index in [1.807, 2.05) is 19.1 Å². The van der Waals surface area contributed by atoms with Crippen molar-refractivity contribution in [3.8, 4) is 0 Å². The summed E-state index contributed by atoms with van der Waals surface area (Å²) in [4.78, 5) is 14.9. The van der Waals surface area contributed by atoms with E-state index in [4.69, 9.17) is 5.11 Å². The van der Waals surface area contributed by atoms with Crippen LogP contribution in [-0.4, -0.2) is 27.0 Å². The van der Waals surface area contributed by atoms with E-state index in [0.29, 0.717) is 5.56 Å². The Labute approximate surface area is 109 Å². The van der Waals surface area contributed by atoms with Gasteiger partial charge < -0.3 is 10.4 Å². The standard InChI is InChI=1S/C12H13N3O2S/c1-8-14-12(18-15-8)13-7-6-9-2-4-10(5-3-9)11(16)17/h2-5H,6-7H2,1H3,(H,16,17)(H,13,14,15). The van der Waals surface area contributed by atoms with Crippen LogP contribution in [0.4, 0.5) is 5.13 Å². The molecular weight excluding hydrogens is 250 g/mol. The van der Waals surface area contributed by atoms with Crippen LogP contribution >= 0.6 is 11.5 Å². The van der Waals surface area contributed by atoms with Crippen LogP contribution < -0.4 is 5.32 Å². The van der Waals surface area contributed by atoms with E-state index >= 15 is 0 Å². The highest BCUT2D eigenvalue weighted by Gasteiger charge is 2.02. The summed E-state index contributed by atoms with van der Waals surface area (Å²) in [7, 11) is 0. The number of aromatic nitrogens is 2. The Kier molecular flexibility index (Phi) is 3.88. The minimum Gasteiger partial charge on any atom is -0.478 e. The van der Waals surface area contributed by atoms with Crippen LogP contribution in [0.1, 0.15) is 21.7 Å². The molecule has 0 saturated heterocycles. The van der Waals surface area contributed by atoms with Crippen LogP contribution in [0, 0.1) is 6.92 Å². The number of carboxylic acids is 1. The quantitative estimate of drug-likeness (QED) is 0.865. The fourth-order valence-corrected chi connectivity index (χ4v) is 2.10. The van der Waals surface area contributed by atoms with Crippen molar-refractivity contribution in [1.29, 1.82) is 0 Å². The number of hydrogen-bond donors (Lipinski definition) is 2. The molecule has 2 rings (SSSR count). The largest absolute Gasteiger partial charge is 0.478 e. The lowest BCUT2D eigenvalue weighted by molar-refractivity contribution is 0.0697. The van der Waals surface area contributed by atoms with E-state index in [0.717, 1.165) is 29.5 Å². The Balaban J connectivity index is 1.85. The zero-order chi connectivity index (χ0) is 13.0. The third-order valence-electron chi connectivity index (χ3n) is 2.42. The monoisotopic (exact) mass is 263 g/mol. The zero-order valence-electron chi connectivity index (χ0n) is 9.88. The van der Waals surface area contributed by atoms with Crippen molar-refractivity contribution < 1.29 is 9.90 Å². The molecule has 0 saturated carbocycles. The highest BCUT2D eigenvalue weighted by atomic mass is 32.1. The fraction of sp³-hybridized carbons (Fsp3) is 0.250. The summed E-state index contributed by atoms with van der Waals surface area (Å²) in [5, 5.41) is 12.8. The molecule has 0 atom stereocenters. The predicted octanol–water partition coefficient (Wildman–Crippen LogP) is 2.20. The number of rotatable bonds is 5.